The molecule has 0 aliphatic rings. The molecule has 2 aromatic carbocycles. The van der Waals surface area contributed by atoms with Crippen molar-refractivity contribution in [2.45, 2.75) is 13.5 Å². The lowest BCUT2D eigenvalue weighted by Gasteiger charge is -2.13. The van der Waals surface area contributed by atoms with Crippen LogP contribution in [0.15, 0.2) is 63.8 Å². The van der Waals surface area contributed by atoms with Crippen LogP contribution >= 0.6 is 23.2 Å². The van der Waals surface area contributed by atoms with Gasteiger partial charge < -0.3 is 4.42 Å². The summed E-state index contributed by atoms with van der Waals surface area (Å²) in [4.78, 5) is 29.6. The number of anilines is 1. The standard InChI is InChI=1S/C21H16Cl2N4O3/c1-2-27-20(29)14-5-3-4-6-16(14)24-21(27)26-25-19(28)18-10-9-17(30-18)13-8-7-12(22)11-15(13)23/h3-11H,2H2,1H3,(H,24,26)(H,25,28). The fourth-order valence-corrected chi connectivity index (χ4v) is 3.53. The number of amides is 1. The molecule has 0 aliphatic heterocycles. The second-order valence-corrected chi connectivity index (χ2v) is 7.21. The van der Waals surface area contributed by atoms with E-state index in [-0.39, 0.29) is 17.3 Å². The summed E-state index contributed by atoms with van der Waals surface area (Å²) in [6.07, 6.45) is 0. The van der Waals surface area contributed by atoms with Gasteiger partial charge in [0.05, 0.1) is 15.9 Å². The maximum atomic E-state index is 12.6. The second kappa shape index (κ2) is 8.22. The first kappa shape index (κ1) is 20.0. The summed E-state index contributed by atoms with van der Waals surface area (Å²) in [5, 5.41) is 1.42. The van der Waals surface area contributed by atoms with Gasteiger partial charge in [0, 0.05) is 17.1 Å². The predicted molar refractivity (Wildman–Crippen MR) is 117 cm³/mol. The predicted octanol–water partition coefficient (Wildman–Crippen LogP) is 4.74. The maximum absolute atomic E-state index is 12.6. The van der Waals surface area contributed by atoms with Crippen molar-refractivity contribution in [3.63, 3.8) is 0 Å². The number of furan rings is 1. The Kier molecular flexibility index (Phi) is 5.48. The van der Waals surface area contributed by atoms with Crippen LogP contribution in [0.1, 0.15) is 17.5 Å². The molecule has 0 saturated carbocycles. The quantitative estimate of drug-likeness (QED) is 0.435. The van der Waals surface area contributed by atoms with Gasteiger partial charge in [-0.15, -0.1) is 0 Å². The topological polar surface area (TPSA) is 89.2 Å². The Labute approximate surface area is 181 Å². The molecule has 4 aromatic rings. The van der Waals surface area contributed by atoms with E-state index in [1.165, 1.54) is 10.6 Å². The second-order valence-electron chi connectivity index (χ2n) is 6.37. The molecule has 0 spiro atoms. The molecule has 152 valence electrons. The number of hydrogen-bond acceptors (Lipinski definition) is 5. The summed E-state index contributed by atoms with van der Waals surface area (Å²) in [6.45, 7) is 2.20. The number of hydrazine groups is 1. The van der Waals surface area contributed by atoms with E-state index in [4.69, 9.17) is 27.6 Å². The van der Waals surface area contributed by atoms with Crippen molar-refractivity contribution < 1.29 is 9.21 Å². The molecule has 0 saturated heterocycles. The molecule has 0 radical (unpaired) electrons. The van der Waals surface area contributed by atoms with Crippen molar-refractivity contribution in [3.8, 4) is 11.3 Å². The van der Waals surface area contributed by atoms with Gasteiger partial charge in [0.2, 0.25) is 5.95 Å². The van der Waals surface area contributed by atoms with Crippen molar-refractivity contribution in [3.05, 3.63) is 80.8 Å². The minimum absolute atomic E-state index is 0.0645. The van der Waals surface area contributed by atoms with Crippen LogP contribution in [0.4, 0.5) is 5.95 Å². The molecule has 0 unspecified atom stereocenters. The molecule has 2 N–H and O–H groups in total. The average Bonchev–Trinajstić information content (AvgIpc) is 3.22. The van der Waals surface area contributed by atoms with Crippen LogP contribution in [0.2, 0.25) is 10.0 Å². The fourth-order valence-electron chi connectivity index (χ4n) is 3.03. The van der Waals surface area contributed by atoms with Crippen molar-refractivity contribution in [1.82, 2.24) is 15.0 Å². The van der Waals surface area contributed by atoms with Crippen molar-refractivity contribution in [2.24, 2.45) is 0 Å². The van der Waals surface area contributed by atoms with Gasteiger partial charge in [-0.05, 0) is 49.4 Å². The highest BCUT2D eigenvalue weighted by molar-refractivity contribution is 6.36. The largest absolute Gasteiger partial charge is 0.451 e. The van der Waals surface area contributed by atoms with Gasteiger partial charge in [-0.3, -0.25) is 25.0 Å². The zero-order valence-electron chi connectivity index (χ0n) is 15.8. The molecule has 0 aliphatic carbocycles. The Bertz CT molecular complexity index is 1310. The van der Waals surface area contributed by atoms with Gasteiger partial charge in [0.25, 0.3) is 5.56 Å². The fraction of sp³-hybridized carbons (Fsp3) is 0.0952. The number of benzene rings is 2. The normalized spacial score (nSPS) is 10.9. The van der Waals surface area contributed by atoms with E-state index in [1.54, 1.807) is 48.5 Å². The zero-order valence-corrected chi connectivity index (χ0v) is 17.3. The summed E-state index contributed by atoms with van der Waals surface area (Å²) in [6, 6.07) is 15.2. The van der Waals surface area contributed by atoms with Gasteiger partial charge >= 0.3 is 5.91 Å². The van der Waals surface area contributed by atoms with Crippen LogP contribution in [-0.4, -0.2) is 15.5 Å². The zero-order chi connectivity index (χ0) is 21.3. The minimum Gasteiger partial charge on any atom is -0.451 e. The molecule has 0 bridgehead atoms. The molecule has 0 fully saturated rings. The lowest BCUT2D eigenvalue weighted by atomic mass is 10.2. The van der Waals surface area contributed by atoms with E-state index in [0.29, 0.717) is 38.8 Å². The Hall–Kier alpha value is -3.29. The van der Waals surface area contributed by atoms with Gasteiger partial charge in [-0.25, -0.2) is 4.98 Å². The minimum atomic E-state index is -0.531. The highest BCUT2D eigenvalue weighted by atomic mass is 35.5. The molecule has 0 atom stereocenters. The number of nitrogens with zero attached hydrogens (tertiary/aromatic N) is 2. The third-order valence-electron chi connectivity index (χ3n) is 4.49. The number of carbonyl (C=O) groups is 1. The van der Waals surface area contributed by atoms with Gasteiger partial charge in [-0.2, -0.15) is 0 Å². The molecule has 2 heterocycles. The summed E-state index contributed by atoms with van der Waals surface area (Å²) >= 11 is 12.1. The summed E-state index contributed by atoms with van der Waals surface area (Å²) in [7, 11) is 0. The number of halogens is 2. The van der Waals surface area contributed by atoms with Crippen molar-refractivity contribution in [2.75, 3.05) is 5.43 Å². The molecular formula is C21H16Cl2N4O3. The van der Waals surface area contributed by atoms with Crippen LogP contribution in [0.3, 0.4) is 0 Å². The number of rotatable bonds is 5. The van der Waals surface area contributed by atoms with Crippen LogP contribution in [-0.2, 0) is 6.54 Å². The molecule has 7 nitrogen and oxygen atoms in total. The van der Waals surface area contributed by atoms with E-state index < -0.39 is 5.91 Å². The number of nitrogens with one attached hydrogen (secondary N) is 2. The highest BCUT2D eigenvalue weighted by Gasteiger charge is 2.16. The Morgan fingerprint density at radius 3 is 2.70 bits per heavy atom. The monoisotopic (exact) mass is 442 g/mol. The van der Waals surface area contributed by atoms with Gasteiger partial charge in [0.1, 0.15) is 5.76 Å². The highest BCUT2D eigenvalue weighted by Crippen LogP contribution is 2.31. The lowest BCUT2D eigenvalue weighted by molar-refractivity contribution is 0.0935. The Morgan fingerprint density at radius 1 is 1.13 bits per heavy atom. The third kappa shape index (κ3) is 3.77. The first-order valence-electron chi connectivity index (χ1n) is 9.09. The number of carbonyl (C=O) groups excluding carboxylic acids is 1. The number of fused-ring (bicyclic) bond motifs is 1. The molecule has 2 aromatic heterocycles. The summed E-state index contributed by atoms with van der Waals surface area (Å²) in [5.41, 5.74) is 6.17. The molecule has 1 amide bonds. The number of aromatic nitrogens is 2. The van der Waals surface area contributed by atoms with Crippen LogP contribution in [0.5, 0.6) is 0 Å². The van der Waals surface area contributed by atoms with Gasteiger partial charge in [-0.1, -0.05) is 35.3 Å². The maximum Gasteiger partial charge on any atom is 0.305 e. The number of hydrogen-bond donors (Lipinski definition) is 2. The first-order valence-corrected chi connectivity index (χ1v) is 9.84. The first-order chi connectivity index (χ1) is 14.5. The molecule has 9 heteroatoms. The van der Waals surface area contributed by atoms with Gasteiger partial charge in [0.15, 0.2) is 5.76 Å². The van der Waals surface area contributed by atoms with Crippen molar-refractivity contribution in [1.29, 1.82) is 0 Å². The molecule has 30 heavy (non-hydrogen) atoms. The van der Waals surface area contributed by atoms with Crippen LogP contribution < -0.4 is 16.4 Å². The van der Waals surface area contributed by atoms with E-state index in [1.807, 2.05) is 6.92 Å². The smallest absolute Gasteiger partial charge is 0.305 e. The SMILES string of the molecule is CCn1c(NNC(=O)c2ccc(-c3ccc(Cl)cc3Cl)o2)nc2ccccc2c1=O. The molecule has 4 rings (SSSR count). The van der Waals surface area contributed by atoms with Crippen LogP contribution in [0.25, 0.3) is 22.2 Å². The Balaban J connectivity index is 1.56. The van der Waals surface area contributed by atoms with E-state index in [2.05, 4.69) is 15.8 Å². The van der Waals surface area contributed by atoms with Crippen molar-refractivity contribution >= 4 is 46.0 Å². The third-order valence-corrected chi connectivity index (χ3v) is 5.04. The average molecular weight is 443 g/mol. The Morgan fingerprint density at radius 2 is 1.93 bits per heavy atom. The summed E-state index contributed by atoms with van der Waals surface area (Å²) < 4.78 is 7.06. The summed E-state index contributed by atoms with van der Waals surface area (Å²) in [5.74, 6) is 0.185. The number of para-hydroxylation sites is 1. The van der Waals surface area contributed by atoms with E-state index in [0.717, 1.165) is 0 Å². The molecular weight excluding hydrogens is 427 g/mol. The van der Waals surface area contributed by atoms with E-state index >= 15 is 0 Å². The van der Waals surface area contributed by atoms with E-state index in [9.17, 15) is 9.59 Å². The van der Waals surface area contributed by atoms with Crippen LogP contribution in [0, 0.1) is 0 Å². The lowest BCUT2D eigenvalue weighted by Crippen LogP contribution is -2.34.